The fourth-order valence-corrected chi connectivity index (χ4v) is 4.80. The van der Waals surface area contributed by atoms with Gasteiger partial charge in [0.15, 0.2) is 0 Å². The van der Waals surface area contributed by atoms with Crippen LogP contribution >= 0.6 is 11.3 Å². The van der Waals surface area contributed by atoms with Crippen LogP contribution < -0.4 is 16.6 Å². The maximum atomic E-state index is 13.0. The molecule has 152 valence electrons. The summed E-state index contributed by atoms with van der Waals surface area (Å²) in [7, 11) is 0. The van der Waals surface area contributed by atoms with Crippen LogP contribution in [0.15, 0.2) is 45.3 Å². The van der Waals surface area contributed by atoms with Crippen LogP contribution in [0.3, 0.4) is 0 Å². The van der Waals surface area contributed by atoms with Crippen molar-refractivity contribution in [1.82, 2.24) is 14.5 Å². The highest BCUT2D eigenvalue weighted by molar-refractivity contribution is 7.17. The summed E-state index contributed by atoms with van der Waals surface area (Å²) in [5.41, 5.74) is 2.27. The number of nitrogens with one attached hydrogen (secondary N) is 1. The minimum atomic E-state index is -0.413. The van der Waals surface area contributed by atoms with Gasteiger partial charge >= 0.3 is 5.69 Å². The highest BCUT2D eigenvalue weighted by atomic mass is 32.1. The van der Waals surface area contributed by atoms with Crippen molar-refractivity contribution in [3.63, 3.8) is 0 Å². The lowest BCUT2D eigenvalue weighted by Gasteiger charge is -2.16. The van der Waals surface area contributed by atoms with Crippen molar-refractivity contribution in [3.8, 4) is 0 Å². The van der Waals surface area contributed by atoms with E-state index in [1.807, 2.05) is 18.2 Å². The van der Waals surface area contributed by atoms with E-state index in [4.69, 9.17) is 0 Å². The molecule has 1 unspecified atom stereocenters. The standard InChI is InChI=1S/C22H25N3O3S/c1-14(2)9-11-24-21(27)20-18(10-12-29-20)25(22(24)28)13-19(26)23-17-8-7-15-5-3-4-6-16(15)17/h3-6,10,12,14,17H,7-9,11,13H2,1-2H3,(H,23,26). The van der Waals surface area contributed by atoms with Crippen LogP contribution in [-0.4, -0.2) is 15.0 Å². The quantitative estimate of drug-likeness (QED) is 0.678. The Kier molecular flexibility index (Phi) is 5.41. The summed E-state index contributed by atoms with van der Waals surface area (Å²) in [4.78, 5) is 38.6. The molecular formula is C22H25N3O3S. The average molecular weight is 412 g/mol. The third-order valence-electron chi connectivity index (χ3n) is 5.54. The Morgan fingerprint density at radius 3 is 2.79 bits per heavy atom. The number of carbonyl (C=O) groups excluding carboxylic acids is 1. The summed E-state index contributed by atoms with van der Waals surface area (Å²) < 4.78 is 3.23. The first kappa shape index (κ1) is 19.6. The Hall–Kier alpha value is -2.67. The van der Waals surface area contributed by atoms with Gasteiger partial charge in [0.25, 0.3) is 5.56 Å². The van der Waals surface area contributed by atoms with Gasteiger partial charge < -0.3 is 5.32 Å². The maximum Gasteiger partial charge on any atom is 0.332 e. The van der Waals surface area contributed by atoms with Crippen molar-refractivity contribution in [2.75, 3.05) is 0 Å². The zero-order valence-electron chi connectivity index (χ0n) is 16.7. The summed E-state index contributed by atoms with van der Waals surface area (Å²) in [6.45, 7) is 4.38. The molecule has 29 heavy (non-hydrogen) atoms. The minimum absolute atomic E-state index is 0.0285. The SMILES string of the molecule is CC(C)CCn1c(=O)c2sccc2n(CC(=O)NC2CCc3ccccc32)c1=O. The summed E-state index contributed by atoms with van der Waals surface area (Å²) in [5.74, 6) is 0.162. The number of carbonyl (C=O) groups is 1. The molecule has 0 radical (unpaired) electrons. The number of amides is 1. The topological polar surface area (TPSA) is 73.1 Å². The molecule has 0 bridgehead atoms. The predicted octanol–water partition coefficient (Wildman–Crippen LogP) is 3.07. The van der Waals surface area contributed by atoms with E-state index in [0.717, 1.165) is 24.8 Å². The molecule has 1 aliphatic carbocycles. The van der Waals surface area contributed by atoms with Gasteiger partial charge in [-0.05, 0) is 47.8 Å². The minimum Gasteiger partial charge on any atom is -0.348 e. The Balaban J connectivity index is 1.62. The van der Waals surface area contributed by atoms with Crippen molar-refractivity contribution in [1.29, 1.82) is 0 Å². The molecule has 0 aliphatic heterocycles. The molecule has 6 nitrogen and oxygen atoms in total. The molecule has 0 saturated carbocycles. The van der Waals surface area contributed by atoms with Crippen LogP contribution in [0.25, 0.3) is 10.2 Å². The summed E-state index contributed by atoms with van der Waals surface area (Å²) >= 11 is 1.31. The van der Waals surface area contributed by atoms with Crippen molar-refractivity contribution < 1.29 is 4.79 Å². The number of thiophene rings is 1. The van der Waals surface area contributed by atoms with Crippen molar-refractivity contribution in [2.45, 2.75) is 52.2 Å². The highest BCUT2D eigenvalue weighted by Crippen LogP contribution is 2.30. The molecule has 1 N–H and O–H groups in total. The molecule has 1 aliphatic rings. The molecule has 7 heteroatoms. The Morgan fingerprint density at radius 1 is 1.21 bits per heavy atom. The van der Waals surface area contributed by atoms with Crippen LogP contribution in [0.5, 0.6) is 0 Å². The highest BCUT2D eigenvalue weighted by Gasteiger charge is 2.24. The molecule has 0 fully saturated rings. The largest absolute Gasteiger partial charge is 0.348 e. The molecule has 1 aromatic carbocycles. The fraction of sp³-hybridized carbons (Fsp3) is 0.409. The van der Waals surface area contributed by atoms with Gasteiger partial charge in [0.05, 0.1) is 11.6 Å². The predicted molar refractivity (Wildman–Crippen MR) is 115 cm³/mol. The van der Waals surface area contributed by atoms with E-state index in [2.05, 4.69) is 25.2 Å². The Morgan fingerprint density at radius 2 is 2.00 bits per heavy atom. The molecule has 1 atom stereocenters. The van der Waals surface area contributed by atoms with Gasteiger partial charge in [-0.2, -0.15) is 0 Å². The van der Waals surface area contributed by atoms with E-state index in [1.54, 1.807) is 11.4 Å². The van der Waals surface area contributed by atoms with Gasteiger partial charge in [0.1, 0.15) is 11.2 Å². The lowest BCUT2D eigenvalue weighted by Crippen LogP contribution is -2.42. The van der Waals surface area contributed by atoms with Gasteiger partial charge in [0, 0.05) is 6.54 Å². The number of rotatable bonds is 6. The summed E-state index contributed by atoms with van der Waals surface area (Å²) in [5, 5.41) is 4.86. The Bertz CT molecular complexity index is 1170. The van der Waals surface area contributed by atoms with E-state index in [1.165, 1.54) is 26.0 Å². The lowest BCUT2D eigenvalue weighted by atomic mass is 10.1. The normalized spacial score (nSPS) is 15.8. The van der Waals surface area contributed by atoms with Crippen LogP contribution in [0, 0.1) is 5.92 Å². The molecule has 2 aromatic heterocycles. The zero-order valence-corrected chi connectivity index (χ0v) is 17.5. The van der Waals surface area contributed by atoms with Crippen molar-refractivity contribution in [3.05, 3.63) is 67.7 Å². The molecule has 2 heterocycles. The lowest BCUT2D eigenvalue weighted by molar-refractivity contribution is -0.122. The third kappa shape index (κ3) is 3.79. The van der Waals surface area contributed by atoms with E-state index >= 15 is 0 Å². The van der Waals surface area contributed by atoms with Crippen LogP contribution in [0.1, 0.15) is 43.9 Å². The Labute approximate surface area is 172 Å². The van der Waals surface area contributed by atoms with E-state index in [0.29, 0.717) is 22.7 Å². The number of aryl methyl sites for hydroxylation is 1. The van der Waals surface area contributed by atoms with Crippen LogP contribution in [0.2, 0.25) is 0 Å². The second-order valence-corrected chi connectivity index (χ2v) is 8.92. The third-order valence-corrected chi connectivity index (χ3v) is 6.43. The zero-order chi connectivity index (χ0) is 20.5. The number of hydrogen-bond donors (Lipinski definition) is 1. The molecular weight excluding hydrogens is 386 g/mol. The molecule has 0 saturated heterocycles. The van der Waals surface area contributed by atoms with Gasteiger partial charge in [-0.15, -0.1) is 11.3 Å². The first-order valence-electron chi connectivity index (χ1n) is 10.0. The smallest absolute Gasteiger partial charge is 0.332 e. The van der Waals surface area contributed by atoms with Gasteiger partial charge in [-0.3, -0.25) is 18.7 Å². The van der Waals surface area contributed by atoms with Gasteiger partial charge in [0.2, 0.25) is 5.91 Å². The number of hydrogen-bond acceptors (Lipinski definition) is 4. The fourth-order valence-electron chi connectivity index (χ4n) is 3.96. The molecule has 3 aromatic rings. The van der Waals surface area contributed by atoms with E-state index in [9.17, 15) is 14.4 Å². The van der Waals surface area contributed by atoms with Crippen molar-refractivity contribution >= 4 is 27.5 Å². The molecule has 4 rings (SSSR count). The van der Waals surface area contributed by atoms with Gasteiger partial charge in [-0.1, -0.05) is 38.1 Å². The second-order valence-electron chi connectivity index (χ2n) is 8.00. The van der Waals surface area contributed by atoms with Crippen LogP contribution in [0.4, 0.5) is 0 Å². The molecule has 0 spiro atoms. The van der Waals surface area contributed by atoms with Crippen LogP contribution in [-0.2, 0) is 24.3 Å². The number of aromatic nitrogens is 2. The number of benzene rings is 1. The first-order chi connectivity index (χ1) is 14.0. The second kappa shape index (κ2) is 7.99. The number of fused-ring (bicyclic) bond motifs is 2. The van der Waals surface area contributed by atoms with Gasteiger partial charge in [-0.25, -0.2) is 4.79 Å². The average Bonchev–Trinajstić information content (AvgIpc) is 3.33. The first-order valence-corrected chi connectivity index (χ1v) is 10.9. The monoisotopic (exact) mass is 411 g/mol. The summed E-state index contributed by atoms with van der Waals surface area (Å²) in [6.07, 6.45) is 2.54. The van der Waals surface area contributed by atoms with E-state index < -0.39 is 5.69 Å². The summed E-state index contributed by atoms with van der Waals surface area (Å²) in [6, 6.07) is 9.84. The van der Waals surface area contributed by atoms with E-state index in [-0.39, 0.29) is 24.1 Å². The molecule has 1 amide bonds. The van der Waals surface area contributed by atoms with Crippen molar-refractivity contribution in [2.24, 2.45) is 5.92 Å². The number of nitrogens with zero attached hydrogens (tertiary/aromatic N) is 2. The maximum absolute atomic E-state index is 13.0.